The van der Waals surface area contributed by atoms with Crippen LogP contribution in [-0.4, -0.2) is 29.4 Å². The summed E-state index contributed by atoms with van der Waals surface area (Å²) in [5.41, 5.74) is -0.232. The summed E-state index contributed by atoms with van der Waals surface area (Å²) in [6.07, 6.45) is 1.85. The van der Waals surface area contributed by atoms with Crippen LogP contribution >= 0.6 is 0 Å². The van der Waals surface area contributed by atoms with Crippen molar-refractivity contribution in [3.8, 4) is 0 Å². The molecule has 0 aliphatic carbocycles. The molecule has 0 amide bonds. The zero-order chi connectivity index (χ0) is 13.1. The maximum Gasteiger partial charge on any atom is 0.356 e. The van der Waals surface area contributed by atoms with Gasteiger partial charge in [-0.1, -0.05) is 13.3 Å². The number of rotatable bonds is 5. The van der Waals surface area contributed by atoms with Crippen LogP contribution in [0.15, 0.2) is 11.4 Å². The van der Waals surface area contributed by atoms with Crippen molar-refractivity contribution in [2.75, 3.05) is 6.61 Å². The van der Waals surface area contributed by atoms with Crippen LogP contribution in [0, 0.1) is 0 Å². The molecule has 1 unspecified atom stereocenters. The average molecular weight is 242 g/mol. The first-order valence-corrected chi connectivity index (χ1v) is 6.07. The van der Waals surface area contributed by atoms with E-state index in [9.17, 15) is 9.90 Å². The van der Waals surface area contributed by atoms with Crippen molar-refractivity contribution in [1.82, 2.24) is 10.6 Å². The highest BCUT2D eigenvalue weighted by molar-refractivity contribution is 5.89. The smallest absolute Gasteiger partial charge is 0.356 e. The second-order valence-corrected chi connectivity index (χ2v) is 4.66. The van der Waals surface area contributed by atoms with Gasteiger partial charge in [-0.25, -0.2) is 4.79 Å². The Morgan fingerprint density at radius 1 is 1.41 bits per heavy atom. The Morgan fingerprint density at radius 3 is 2.53 bits per heavy atom. The third-order valence-corrected chi connectivity index (χ3v) is 2.56. The van der Waals surface area contributed by atoms with Crippen LogP contribution in [0.25, 0.3) is 0 Å². The fourth-order valence-corrected chi connectivity index (χ4v) is 1.81. The van der Waals surface area contributed by atoms with Gasteiger partial charge in [0.1, 0.15) is 11.3 Å². The summed E-state index contributed by atoms with van der Waals surface area (Å²) in [6.45, 7) is 7.43. The molecule has 5 heteroatoms. The summed E-state index contributed by atoms with van der Waals surface area (Å²) in [7, 11) is 0. The molecule has 0 fully saturated rings. The Hall–Kier alpha value is -1.23. The molecular formula is C12H22N2O3. The van der Waals surface area contributed by atoms with Gasteiger partial charge >= 0.3 is 5.97 Å². The maximum absolute atomic E-state index is 11.8. The Labute approximate surface area is 102 Å². The number of nitrogens with one attached hydrogen (secondary N) is 2. The van der Waals surface area contributed by atoms with Gasteiger partial charge in [0.2, 0.25) is 0 Å². The third kappa shape index (κ3) is 3.36. The first-order chi connectivity index (χ1) is 7.90. The molecule has 0 aromatic heterocycles. The maximum atomic E-state index is 11.8. The van der Waals surface area contributed by atoms with Crippen molar-refractivity contribution < 1.29 is 14.6 Å². The summed E-state index contributed by atoms with van der Waals surface area (Å²) < 4.78 is 4.97. The van der Waals surface area contributed by atoms with E-state index in [0.29, 0.717) is 18.0 Å². The molecule has 0 radical (unpaired) electrons. The molecule has 3 N–H and O–H groups in total. The van der Waals surface area contributed by atoms with Gasteiger partial charge in [-0.3, -0.25) is 0 Å². The van der Waals surface area contributed by atoms with Crippen LogP contribution in [0.1, 0.15) is 40.5 Å². The van der Waals surface area contributed by atoms with Gasteiger partial charge in [-0.05, 0) is 27.2 Å². The topological polar surface area (TPSA) is 70.6 Å². The first kappa shape index (κ1) is 13.8. The molecule has 1 aliphatic heterocycles. The summed E-state index contributed by atoms with van der Waals surface area (Å²) in [5, 5.41) is 16.2. The van der Waals surface area contributed by atoms with Gasteiger partial charge < -0.3 is 20.5 Å². The highest BCUT2D eigenvalue weighted by Crippen LogP contribution is 2.22. The van der Waals surface area contributed by atoms with E-state index in [0.717, 1.165) is 12.8 Å². The minimum atomic E-state index is -1.09. The summed E-state index contributed by atoms with van der Waals surface area (Å²) in [4.78, 5) is 11.8. The number of carbonyl (C=O) groups is 1. The zero-order valence-electron chi connectivity index (χ0n) is 11.0. The minimum Gasteiger partial charge on any atom is -0.461 e. The monoisotopic (exact) mass is 242 g/mol. The minimum absolute atomic E-state index is 0.0131. The van der Waals surface area contributed by atoms with Crippen LogP contribution < -0.4 is 10.6 Å². The number of hydrogen-bond donors (Lipinski definition) is 3. The Morgan fingerprint density at radius 2 is 2.06 bits per heavy atom. The molecule has 98 valence electrons. The largest absolute Gasteiger partial charge is 0.461 e. The number of aliphatic hydroxyl groups is 1. The molecule has 0 spiro atoms. The number of hydrogen-bond acceptors (Lipinski definition) is 5. The van der Waals surface area contributed by atoms with E-state index in [-0.39, 0.29) is 6.17 Å². The van der Waals surface area contributed by atoms with Crippen molar-refractivity contribution in [1.29, 1.82) is 0 Å². The Kier molecular flexibility index (Phi) is 4.40. The Bertz CT molecular complexity index is 318. The van der Waals surface area contributed by atoms with Crippen molar-refractivity contribution in [2.24, 2.45) is 0 Å². The highest BCUT2D eigenvalue weighted by atomic mass is 16.5. The second kappa shape index (κ2) is 5.40. The van der Waals surface area contributed by atoms with Gasteiger partial charge in [0.05, 0.1) is 18.5 Å². The third-order valence-electron chi connectivity index (χ3n) is 2.56. The molecule has 0 aromatic carbocycles. The molecule has 1 aliphatic rings. The lowest BCUT2D eigenvalue weighted by atomic mass is 10.0. The van der Waals surface area contributed by atoms with Crippen LogP contribution in [0.3, 0.4) is 0 Å². The van der Waals surface area contributed by atoms with E-state index < -0.39 is 11.6 Å². The summed E-state index contributed by atoms with van der Waals surface area (Å²) >= 11 is 0. The quantitative estimate of drug-likeness (QED) is 0.624. The van der Waals surface area contributed by atoms with Gasteiger partial charge in [0, 0.05) is 0 Å². The van der Waals surface area contributed by atoms with Crippen LogP contribution in [0.5, 0.6) is 0 Å². The highest BCUT2D eigenvalue weighted by Gasteiger charge is 2.35. The lowest BCUT2D eigenvalue weighted by molar-refractivity contribution is -0.139. The number of carbonyl (C=O) groups excluding carboxylic acids is 1. The van der Waals surface area contributed by atoms with Gasteiger partial charge in [-0.15, -0.1) is 0 Å². The molecule has 17 heavy (non-hydrogen) atoms. The van der Waals surface area contributed by atoms with E-state index in [2.05, 4.69) is 17.6 Å². The fourth-order valence-electron chi connectivity index (χ4n) is 1.81. The lowest BCUT2D eigenvalue weighted by Gasteiger charge is -2.21. The molecule has 0 saturated heterocycles. The summed E-state index contributed by atoms with van der Waals surface area (Å²) in [5.74, 6) is -0.421. The van der Waals surface area contributed by atoms with Gasteiger partial charge in [0.15, 0.2) is 0 Å². The van der Waals surface area contributed by atoms with Crippen LogP contribution in [0.2, 0.25) is 0 Å². The van der Waals surface area contributed by atoms with E-state index >= 15 is 0 Å². The van der Waals surface area contributed by atoms with Crippen molar-refractivity contribution in [3.63, 3.8) is 0 Å². The van der Waals surface area contributed by atoms with Crippen molar-refractivity contribution >= 4 is 5.97 Å². The average Bonchev–Trinajstić information content (AvgIpc) is 2.62. The first-order valence-electron chi connectivity index (χ1n) is 6.07. The van der Waals surface area contributed by atoms with Crippen molar-refractivity contribution in [3.05, 3.63) is 11.4 Å². The van der Waals surface area contributed by atoms with E-state index in [1.807, 2.05) is 0 Å². The molecule has 0 bridgehead atoms. The molecule has 1 rings (SSSR count). The molecular weight excluding hydrogens is 220 g/mol. The normalized spacial score (nSPS) is 19.9. The molecule has 1 heterocycles. The predicted molar refractivity (Wildman–Crippen MR) is 64.9 cm³/mol. The standard InChI is InChI=1S/C12H22N2O3/c1-5-7-8-13-9(11(15)17-6-2)10(14-8)12(3,4)16/h8,13-14,16H,5-7H2,1-4H3. The van der Waals surface area contributed by atoms with E-state index in [1.54, 1.807) is 20.8 Å². The van der Waals surface area contributed by atoms with Gasteiger partial charge in [0.25, 0.3) is 0 Å². The van der Waals surface area contributed by atoms with Gasteiger partial charge in [-0.2, -0.15) is 0 Å². The van der Waals surface area contributed by atoms with Crippen molar-refractivity contribution in [2.45, 2.75) is 52.3 Å². The number of ether oxygens (including phenoxy) is 1. The van der Waals surface area contributed by atoms with E-state index in [4.69, 9.17) is 4.74 Å². The molecule has 0 aromatic rings. The Balaban J connectivity index is 2.88. The van der Waals surface area contributed by atoms with Crippen LogP contribution in [0.4, 0.5) is 0 Å². The second-order valence-electron chi connectivity index (χ2n) is 4.66. The number of esters is 1. The lowest BCUT2D eigenvalue weighted by Crippen LogP contribution is -2.37. The van der Waals surface area contributed by atoms with E-state index in [1.165, 1.54) is 0 Å². The SMILES string of the molecule is CCCC1NC(C(=O)OCC)=C(C(C)(C)O)N1. The molecule has 1 atom stereocenters. The molecule has 0 saturated carbocycles. The zero-order valence-corrected chi connectivity index (χ0v) is 11.0. The summed E-state index contributed by atoms with van der Waals surface area (Å²) in [6, 6.07) is 0. The predicted octanol–water partition coefficient (Wildman–Crippen LogP) is 0.851. The fraction of sp³-hybridized carbons (Fsp3) is 0.750. The van der Waals surface area contributed by atoms with Crippen LogP contribution in [-0.2, 0) is 9.53 Å². The molecule has 5 nitrogen and oxygen atoms in total.